The van der Waals surface area contributed by atoms with Crippen LogP contribution in [-0.2, 0) is 4.79 Å². The molecule has 0 N–H and O–H groups in total. The Hall–Kier alpha value is -1.62. The molecule has 2 heterocycles. The van der Waals surface area contributed by atoms with Gasteiger partial charge in [0.05, 0.1) is 0 Å². The highest BCUT2D eigenvalue weighted by molar-refractivity contribution is 5.76. The standard InChI is InChI=1S/C19H28FN3O/c1-16-6-10-23(11-7-16)19(24)8-9-21-12-14-22(15-13-21)18-4-2-17(20)3-5-18/h2-5,16H,6-15H2,1H3. The Morgan fingerprint density at radius 2 is 1.67 bits per heavy atom. The van der Waals surface area contributed by atoms with Crippen LogP contribution in [0.5, 0.6) is 0 Å². The normalized spacial score (nSPS) is 20.4. The molecule has 3 rings (SSSR count). The Morgan fingerprint density at radius 3 is 2.29 bits per heavy atom. The van der Waals surface area contributed by atoms with Crippen LogP contribution >= 0.6 is 0 Å². The van der Waals surface area contributed by atoms with Crippen LogP contribution in [0.2, 0.25) is 0 Å². The first-order valence-corrected chi connectivity index (χ1v) is 9.12. The molecule has 1 amide bonds. The predicted molar refractivity (Wildman–Crippen MR) is 94.6 cm³/mol. The lowest BCUT2D eigenvalue weighted by Crippen LogP contribution is -2.47. The third-order valence-electron chi connectivity index (χ3n) is 5.34. The Morgan fingerprint density at radius 1 is 1.04 bits per heavy atom. The number of nitrogens with zero attached hydrogens (tertiary/aromatic N) is 3. The van der Waals surface area contributed by atoms with E-state index < -0.39 is 0 Å². The summed E-state index contributed by atoms with van der Waals surface area (Å²) in [5.74, 6) is 0.874. The third-order valence-corrected chi connectivity index (χ3v) is 5.34. The SMILES string of the molecule is CC1CCN(C(=O)CCN2CCN(c3ccc(F)cc3)CC2)CC1. The number of amides is 1. The first-order valence-electron chi connectivity index (χ1n) is 9.12. The number of piperazine rings is 1. The average molecular weight is 333 g/mol. The van der Waals surface area contributed by atoms with Crippen molar-refractivity contribution in [3.05, 3.63) is 30.1 Å². The third kappa shape index (κ3) is 4.47. The molecule has 0 aromatic heterocycles. The van der Waals surface area contributed by atoms with Crippen LogP contribution in [0.15, 0.2) is 24.3 Å². The van der Waals surface area contributed by atoms with Crippen molar-refractivity contribution in [2.45, 2.75) is 26.2 Å². The highest BCUT2D eigenvalue weighted by Crippen LogP contribution is 2.18. The number of carbonyl (C=O) groups is 1. The van der Waals surface area contributed by atoms with E-state index in [1.165, 1.54) is 12.1 Å². The second-order valence-corrected chi connectivity index (χ2v) is 7.12. The molecule has 2 aliphatic heterocycles. The number of anilines is 1. The molecule has 0 spiro atoms. The zero-order valence-corrected chi connectivity index (χ0v) is 14.6. The quantitative estimate of drug-likeness (QED) is 0.847. The molecular weight excluding hydrogens is 305 g/mol. The number of likely N-dealkylation sites (tertiary alicyclic amines) is 1. The molecule has 2 saturated heterocycles. The summed E-state index contributed by atoms with van der Waals surface area (Å²) in [6, 6.07) is 6.71. The first-order chi connectivity index (χ1) is 11.6. The minimum absolute atomic E-state index is 0.192. The van der Waals surface area contributed by atoms with Gasteiger partial charge in [0, 0.05) is 57.9 Å². The number of hydrogen-bond donors (Lipinski definition) is 0. The highest BCUT2D eigenvalue weighted by Gasteiger charge is 2.22. The number of carbonyl (C=O) groups excluding carboxylic acids is 1. The molecule has 1 aromatic carbocycles. The monoisotopic (exact) mass is 333 g/mol. The van der Waals surface area contributed by atoms with Crippen molar-refractivity contribution in [2.75, 3.05) is 50.7 Å². The van der Waals surface area contributed by atoms with Crippen molar-refractivity contribution in [3.8, 4) is 0 Å². The molecule has 0 bridgehead atoms. The molecule has 132 valence electrons. The smallest absolute Gasteiger partial charge is 0.223 e. The molecule has 2 fully saturated rings. The van der Waals surface area contributed by atoms with E-state index in [-0.39, 0.29) is 5.82 Å². The second-order valence-electron chi connectivity index (χ2n) is 7.12. The molecular formula is C19H28FN3O. The van der Waals surface area contributed by atoms with Crippen LogP contribution < -0.4 is 4.90 Å². The summed E-state index contributed by atoms with van der Waals surface area (Å²) in [6.07, 6.45) is 2.91. The molecule has 0 saturated carbocycles. The van der Waals surface area contributed by atoms with Crippen molar-refractivity contribution in [1.82, 2.24) is 9.80 Å². The van der Waals surface area contributed by atoms with E-state index in [4.69, 9.17) is 0 Å². The summed E-state index contributed by atoms with van der Waals surface area (Å²) < 4.78 is 13.0. The fourth-order valence-corrected chi connectivity index (χ4v) is 3.55. The van der Waals surface area contributed by atoms with Crippen LogP contribution in [0.25, 0.3) is 0 Å². The van der Waals surface area contributed by atoms with Gasteiger partial charge in [-0.2, -0.15) is 0 Å². The van der Waals surface area contributed by atoms with E-state index >= 15 is 0 Å². The number of halogens is 1. The molecule has 0 unspecified atom stereocenters. The Labute approximate surface area is 144 Å². The largest absolute Gasteiger partial charge is 0.369 e. The van der Waals surface area contributed by atoms with Gasteiger partial charge in [0.25, 0.3) is 0 Å². The van der Waals surface area contributed by atoms with E-state index in [1.807, 2.05) is 17.0 Å². The van der Waals surface area contributed by atoms with Gasteiger partial charge in [-0.05, 0) is 43.0 Å². The summed E-state index contributed by atoms with van der Waals surface area (Å²) in [5, 5.41) is 0. The number of hydrogen-bond acceptors (Lipinski definition) is 3. The fourth-order valence-electron chi connectivity index (χ4n) is 3.55. The van der Waals surface area contributed by atoms with Gasteiger partial charge in [-0.25, -0.2) is 4.39 Å². The van der Waals surface area contributed by atoms with Gasteiger partial charge in [0.1, 0.15) is 5.82 Å². The second kappa shape index (κ2) is 7.97. The molecule has 24 heavy (non-hydrogen) atoms. The van der Waals surface area contributed by atoms with Crippen molar-refractivity contribution in [1.29, 1.82) is 0 Å². The van der Waals surface area contributed by atoms with Crippen molar-refractivity contribution < 1.29 is 9.18 Å². The molecule has 0 atom stereocenters. The van der Waals surface area contributed by atoms with E-state index in [0.717, 1.165) is 70.3 Å². The van der Waals surface area contributed by atoms with Gasteiger partial charge >= 0.3 is 0 Å². The van der Waals surface area contributed by atoms with Crippen LogP contribution in [0.4, 0.5) is 10.1 Å². The Bertz CT molecular complexity index is 532. The summed E-state index contributed by atoms with van der Waals surface area (Å²) in [4.78, 5) is 19.0. The van der Waals surface area contributed by atoms with Crippen LogP contribution in [0.3, 0.4) is 0 Å². The molecule has 1 aromatic rings. The summed E-state index contributed by atoms with van der Waals surface area (Å²) >= 11 is 0. The van der Waals surface area contributed by atoms with Gasteiger partial charge in [-0.3, -0.25) is 9.69 Å². The topological polar surface area (TPSA) is 26.8 Å². The highest BCUT2D eigenvalue weighted by atomic mass is 19.1. The number of benzene rings is 1. The van der Waals surface area contributed by atoms with Crippen molar-refractivity contribution in [2.24, 2.45) is 5.92 Å². The van der Waals surface area contributed by atoms with Crippen molar-refractivity contribution >= 4 is 11.6 Å². The van der Waals surface area contributed by atoms with Crippen molar-refractivity contribution in [3.63, 3.8) is 0 Å². The summed E-state index contributed by atoms with van der Waals surface area (Å²) in [7, 11) is 0. The van der Waals surface area contributed by atoms with Gasteiger partial charge in [-0.1, -0.05) is 6.92 Å². The maximum Gasteiger partial charge on any atom is 0.223 e. The fraction of sp³-hybridized carbons (Fsp3) is 0.632. The van der Waals surface area contributed by atoms with Gasteiger partial charge in [0.15, 0.2) is 0 Å². The molecule has 0 aliphatic carbocycles. The van der Waals surface area contributed by atoms with E-state index in [1.54, 1.807) is 0 Å². The van der Waals surface area contributed by atoms with E-state index in [9.17, 15) is 9.18 Å². The lowest BCUT2D eigenvalue weighted by Gasteiger charge is -2.36. The van der Waals surface area contributed by atoms with Crippen LogP contribution in [-0.4, -0.2) is 61.5 Å². The minimum atomic E-state index is -0.192. The Kier molecular flexibility index (Phi) is 5.72. The van der Waals surface area contributed by atoms with Gasteiger partial charge in [0.2, 0.25) is 5.91 Å². The average Bonchev–Trinajstić information content (AvgIpc) is 2.61. The lowest BCUT2D eigenvalue weighted by molar-refractivity contribution is -0.132. The van der Waals surface area contributed by atoms with E-state index in [0.29, 0.717) is 12.3 Å². The first kappa shape index (κ1) is 17.2. The zero-order valence-electron chi connectivity index (χ0n) is 14.6. The number of rotatable bonds is 4. The van der Waals surface area contributed by atoms with Gasteiger partial charge < -0.3 is 9.80 Å². The predicted octanol–water partition coefficient (Wildman–Crippen LogP) is 2.60. The van der Waals surface area contributed by atoms with E-state index in [2.05, 4.69) is 16.7 Å². The Balaban J connectivity index is 1.39. The summed E-state index contributed by atoms with van der Waals surface area (Å²) in [5.41, 5.74) is 1.08. The van der Waals surface area contributed by atoms with Crippen LogP contribution in [0, 0.1) is 11.7 Å². The molecule has 2 aliphatic rings. The minimum Gasteiger partial charge on any atom is -0.369 e. The maximum absolute atomic E-state index is 13.0. The molecule has 0 radical (unpaired) electrons. The maximum atomic E-state index is 13.0. The van der Waals surface area contributed by atoms with Gasteiger partial charge in [-0.15, -0.1) is 0 Å². The number of piperidine rings is 1. The van der Waals surface area contributed by atoms with Crippen LogP contribution in [0.1, 0.15) is 26.2 Å². The molecule has 5 heteroatoms. The molecule has 4 nitrogen and oxygen atoms in total. The lowest BCUT2D eigenvalue weighted by atomic mass is 9.99. The summed E-state index contributed by atoms with van der Waals surface area (Å²) in [6.45, 7) is 8.76. The zero-order chi connectivity index (χ0) is 16.9.